The van der Waals surface area contributed by atoms with Crippen LogP contribution in [0.15, 0.2) is 65.3 Å². The van der Waals surface area contributed by atoms with Gasteiger partial charge in [-0.15, -0.1) is 0 Å². The zero-order valence-corrected chi connectivity index (χ0v) is 12.4. The van der Waals surface area contributed by atoms with E-state index in [9.17, 15) is 4.79 Å². The second-order valence-electron chi connectivity index (χ2n) is 4.87. The van der Waals surface area contributed by atoms with Gasteiger partial charge >= 0.3 is 5.97 Å². The number of methoxy groups -OCH3 is 1. The number of rotatable bonds is 3. The van der Waals surface area contributed by atoms with Crippen LogP contribution in [0.4, 0.5) is 0 Å². The molecule has 0 saturated carbocycles. The van der Waals surface area contributed by atoms with Gasteiger partial charge in [-0.3, -0.25) is 0 Å². The molecule has 0 bridgehead atoms. The van der Waals surface area contributed by atoms with Crippen LogP contribution in [-0.4, -0.2) is 19.0 Å². The molecular weight excluding hydrogens is 278 g/mol. The van der Waals surface area contributed by atoms with Gasteiger partial charge < -0.3 is 9.47 Å². The van der Waals surface area contributed by atoms with Gasteiger partial charge in [-0.1, -0.05) is 30.3 Å². The van der Waals surface area contributed by atoms with Crippen LogP contribution >= 0.6 is 0 Å². The number of ether oxygens (including phenoxy) is 2. The van der Waals surface area contributed by atoms with E-state index in [1.54, 1.807) is 7.11 Å². The van der Waals surface area contributed by atoms with Gasteiger partial charge in [-0.05, 0) is 42.3 Å². The molecule has 0 spiro atoms. The molecule has 1 aliphatic heterocycles. The molecule has 0 N–H and O–H groups in total. The fourth-order valence-electron chi connectivity index (χ4n) is 2.23. The van der Waals surface area contributed by atoms with Crippen LogP contribution in [0.5, 0.6) is 5.75 Å². The van der Waals surface area contributed by atoms with Gasteiger partial charge in [0.1, 0.15) is 5.75 Å². The maximum Gasteiger partial charge on any atom is 0.364 e. The van der Waals surface area contributed by atoms with Crippen molar-refractivity contribution < 1.29 is 14.3 Å². The summed E-state index contributed by atoms with van der Waals surface area (Å²) in [5, 5.41) is 0. The molecule has 2 aromatic rings. The average Bonchev–Trinajstić information content (AvgIpc) is 2.97. The first kappa shape index (κ1) is 14.1. The van der Waals surface area contributed by atoms with Gasteiger partial charge in [0.15, 0.2) is 5.70 Å². The van der Waals surface area contributed by atoms with E-state index in [-0.39, 0.29) is 0 Å². The van der Waals surface area contributed by atoms with Gasteiger partial charge in [-0.25, -0.2) is 9.79 Å². The molecular formula is C18H15NO3. The summed E-state index contributed by atoms with van der Waals surface area (Å²) in [6.07, 6.45) is 0. The van der Waals surface area contributed by atoms with Crippen LogP contribution in [0.2, 0.25) is 0 Å². The minimum atomic E-state index is -0.424. The second-order valence-corrected chi connectivity index (χ2v) is 4.87. The third kappa shape index (κ3) is 2.63. The van der Waals surface area contributed by atoms with Crippen molar-refractivity contribution in [3.63, 3.8) is 0 Å². The minimum absolute atomic E-state index is 0.337. The summed E-state index contributed by atoms with van der Waals surface area (Å²) < 4.78 is 10.4. The molecule has 0 radical (unpaired) electrons. The predicted molar refractivity (Wildman–Crippen MR) is 84.7 cm³/mol. The lowest BCUT2D eigenvalue weighted by molar-refractivity contribution is -0.129. The van der Waals surface area contributed by atoms with Crippen molar-refractivity contribution in [1.29, 1.82) is 0 Å². The van der Waals surface area contributed by atoms with Crippen molar-refractivity contribution >= 4 is 17.4 Å². The fraction of sp³-hybridized carbons (Fsp3) is 0.111. The summed E-state index contributed by atoms with van der Waals surface area (Å²) in [5.41, 5.74) is 2.81. The van der Waals surface area contributed by atoms with Crippen molar-refractivity contribution in [2.24, 2.45) is 4.99 Å². The molecule has 1 aliphatic rings. The highest BCUT2D eigenvalue weighted by Crippen LogP contribution is 2.26. The Bertz CT molecular complexity index is 759. The Labute approximate surface area is 128 Å². The zero-order chi connectivity index (χ0) is 15.5. The number of esters is 1. The van der Waals surface area contributed by atoms with Crippen LogP contribution in [0.1, 0.15) is 18.1 Å². The maximum atomic E-state index is 12.1. The Hall–Kier alpha value is -2.88. The minimum Gasteiger partial charge on any atom is -0.497 e. The number of carbonyl (C=O) groups is 1. The number of benzene rings is 2. The number of hydrogen-bond donors (Lipinski definition) is 0. The third-order valence-corrected chi connectivity index (χ3v) is 3.50. The quantitative estimate of drug-likeness (QED) is 0.643. The van der Waals surface area contributed by atoms with E-state index >= 15 is 0 Å². The lowest BCUT2D eigenvalue weighted by Crippen LogP contribution is -2.05. The molecule has 2 aromatic carbocycles. The van der Waals surface area contributed by atoms with Crippen molar-refractivity contribution in [1.82, 2.24) is 0 Å². The predicted octanol–water partition coefficient (Wildman–Crippen LogP) is 3.43. The molecule has 0 saturated heterocycles. The van der Waals surface area contributed by atoms with Gasteiger partial charge in [0, 0.05) is 5.56 Å². The highest BCUT2D eigenvalue weighted by Gasteiger charge is 2.26. The molecule has 0 fully saturated rings. The first-order valence-electron chi connectivity index (χ1n) is 6.90. The van der Waals surface area contributed by atoms with Gasteiger partial charge in [0.25, 0.3) is 0 Å². The summed E-state index contributed by atoms with van der Waals surface area (Å²) in [6.45, 7) is 1.86. The topological polar surface area (TPSA) is 47.9 Å². The highest BCUT2D eigenvalue weighted by atomic mass is 16.6. The van der Waals surface area contributed by atoms with Crippen LogP contribution in [-0.2, 0) is 9.53 Å². The molecule has 0 atom stereocenters. The molecule has 0 unspecified atom stereocenters. The van der Waals surface area contributed by atoms with Gasteiger partial charge in [-0.2, -0.15) is 0 Å². The molecule has 4 nitrogen and oxygen atoms in total. The molecule has 22 heavy (non-hydrogen) atoms. The van der Waals surface area contributed by atoms with E-state index in [1.807, 2.05) is 61.5 Å². The summed E-state index contributed by atoms with van der Waals surface area (Å²) in [6, 6.07) is 16.9. The molecule has 4 heteroatoms. The summed E-state index contributed by atoms with van der Waals surface area (Å²) >= 11 is 0. The first-order chi connectivity index (χ1) is 10.7. The van der Waals surface area contributed by atoms with Crippen LogP contribution < -0.4 is 4.74 Å². The Morgan fingerprint density at radius 1 is 1.05 bits per heavy atom. The lowest BCUT2D eigenvalue weighted by Gasteiger charge is -2.04. The van der Waals surface area contributed by atoms with E-state index in [2.05, 4.69) is 4.99 Å². The summed E-state index contributed by atoms with van der Waals surface area (Å²) in [7, 11) is 1.62. The van der Waals surface area contributed by atoms with Crippen molar-refractivity contribution in [3.05, 3.63) is 71.4 Å². The molecule has 1 heterocycles. The monoisotopic (exact) mass is 293 g/mol. The van der Waals surface area contributed by atoms with Crippen LogP contribution in [0, 0.1) is 0 Å². The largest absolute Gasteiger partial charge is 0.497 e. The van der Waals surface area contributed by atoms with E-state index in [4.69, 9.17) is 9.47 Å². The standard InChI is InChI=1S/C18H15NO3/c1-12(13-8-10-15(21-2)11-9-13)16-18(20)22-17(19-16)14-6-4-3-5-7-14/h3-11H,1-2H3. The lowest BCUT2D eigenvalue weighted by atomic mass is 10.1. The van der Waals surface area contributed by atoms with E-state index in [0.29, 0.717) is 11.6 Å². The molecule has 0 aliphatic carbocycles. The normalized spacial score (nSPS) is 16.1. The SMILES string of the molecule is COc1ccc(C(C)=C2N=C(c3ccccc3)OC2=O)cc1. The molecule has 110 valence electrons. The highest BCUT2D eigenvalue weighted by molar-refractivity contribution is 6.14. The number of hydrogen-bond acceptors (Lipinski definition) is 4. The van der Waals surface area contributed by atoms with Crippen molar-refractivity contribution in [3.8, 4) is 5.75 Å². The van der Waals surface area contributed by atoms with Gasteiger partial charge in [0.2, 0.25) is 5.90 Å². The van der Waals surface area contributed by atoms with Crippen LogP contribution in [0.3, 0.4) is 0 Å². The number of nitrogens with zero attached hydrogens (tertiary/aromatic N) is 1. The third-order valence-electron chi connectivity index (χ3n) is 3.50. The van der Waals surface area contributed by atoms with E-state index in [0.717, 1.165) is 22.4 Å². The second kappa shape index (κ2) is 5.85. The van der Waals surface area contributed by atoms with E-state index < -0.39 is 5.97 Å². The van der Waals surface area contributed by atoms with Crippen LogP contribution in [0.25, 0.3) is 5.57 Å². The average molecular weight is 293 g/mol. The fourth-order valence-corrected chi connectivity index (χ4v) is 2.23. The van der Waals surface area contributed by atoms with Gasteiger partial charge in [0.05, 0.1) is 7.11 Å². The summed E-state index contributed by atoms with van der Waals surface area (Å²) in [5.74, 6) is 0.685. The number of cyclic esters (lactones) is 1. The number of aliphatic imine (C=N–C) groups is 1. The molecule has 0 aromatic heterocycles. The van der Waals surface area contributed by atoms with Crippen molar-refractivity contribution in [2.75, 3.05) is 7.11 Å². The van der Waals surface area contributed by atoms with E-state index in [1.165, 1.54) is 0 Å². The zero-order valence-electron chi connectivity index (χ0n) is 12.4. The summed E-state index contributed by atoms with van der Waals surface area (Å²) in [4.78, 5) is 16.4. The number of allylic oxidation sites excluding steroid dienone is 1. The smallest absolute Gasteiger partial charge is 0.364 e. The first-order valence-corrected chi connectivity index (χ1v) is 6.90. The number of carbonyl (C=O) groups excluding carboxylic acids is 1. The Balaban J connectivity index is 1.98. The Morgan fingerprint density at radius 2 is 1.73 bits per heavy atom. The molecule has 3 rings (SSSR count). The Kier molecular flexibility index (Phi) is 3.74. The van der Waals surface area contributed by atoms with Crippen molar-refractivity contribution in [2.45, 2.75) is 6.92 Å². The Morgan fingerprint density at radius 3 is 2.36 bits per heavy atom. The maximum absolute atomic E-state index is 12.1. The molecule has 0 amide bonds.